The van der Waals surface area contributed by atoms with Gasteiger partial charge in [-0.3, -0.25) is 0 Å². The van der Waals surface area contributed by atoms with Gasteiger partial charge < -0.3 is 18.7 Å². The summed E-state index contributed by atoms with van der Waals surface area (Å²) in [6.45, 7) is 0.810. The lowest BCUT2D eigenvalue weighted by atomic mass is 10.2. The summed E-state index contributed by atoms with van der Waals surface area (Å²) in [4.78, 5) is 7.61. The third kappa shape index (κ3) is 5.24. The number of ether oxygens (including phenoxy) is 1. The molecule has 0 amide bonds. The topological polar surface area (TPSA) is 105 Å². The van der Waals surface area contributed by atoms with Gasteiger partial charge in [-0.1, -0.05) is 17.3 Å². The molecule has 1 atom stereocenters. The molecule has 0 aliphatic rings. The van der Waals surface area contributed by atoms with E-state index in [1.54, 1.807) is 29.2 Å². The van der Waals surface area contributed by atoms with Crippen molar-refractivity contribution >= 4 is 22.1 Å². The number of benzene rings is 2. The molecule has 3 heterocycles. The quantitative estimate of drug-likeness (QED) is 0.329. The van der Waals surface area contributed by atoms with Crippen LogP contribution in [-0.2, 0) is 30.1 Å². The third-order valence-electron chi connectivity index (χ3n) is 5.02. The van der Waals surface area contributed by atoms with Crippen LogP contribution in [0.15, 0.2) is 71.6 Å². The van der Waals surface area contributed by atoms with Crippen molar-refractivity contribution in [3.05, 3.63) is 84.3 Å². The minimum absolute atomic E-state index is 0.238. The number of hydrogen-bond acceptors (Lipinski definition) is 6. The highest BCUT2D eigenvalue weighted by molar-refractivity contribution is 7.90. The molecule has 3 aromatic heterocycles. The predicted octanol–water partition coefficient (Wildman–Crippen LogP) is 4.08. The van der Waals surface area contributed by atoms with Gasteiger partial charge in [0.1, 0.15) is 47.3 Å². The molecular formula is C23H20FN5O3S. The normalized spacial score (nSPS) is 12.3. The van der Waals surface area contributed by atoms with Crippen LogP contribution in [0.4, 0.5) is 4.39 Å². The standard InChI is InChI=1S/C23H20FN5O3S/c24-18-3-6-21-17(11-18)12-22(27-21)23-26-19(14-32-23)13-31-20-4-1-16(2-5-20)15-33(30)10-9-29-8-7-25-28-29/h1-8,11-12,14,27H,9-10,13,15H2. The van der Waals surface area contributed by atoms with E-state index < -0.39 is 11.2 Å². The van der Waals surface area contributed by atoms with Gasteiger partial charge in [0.2, 0.25) is 5.89 Å². The Morgan fingerprint density at radius 3 is 2.85 bits per heavy atom. The first kappa shape index (κ1) is 21.2. The minimum Gasteiger partial charge on any atom is -0.616 e. The summed E-state index contributed by atoms with van der Waals surface area (Å²) in [5, 5.41) is 8.36. The van der Waals surface area contributed by atoms with Crippen molar-refractivity contribution < 1.29 is 18.1 Å². The minimum atomic E-state index is -0.994. The molecule has 0 saturated heterocycles. The van der Waals surface area contributed by atoms with Gasteiger partial charge in [0.15, 0.2) is 0 Å². The highest BCUT2D eigenvalue weighted by Crippen LogP contribution is 2.25. The lowest BCUT2D eigenvalue weighted by Gasteiger charge is -2.11. The molecule has 5 rings (SSSR count). The average Bonchev–Trinajstić information content (AvgIpc) is 3.57. The number of fused-ring (bicyclic) bond motifs is 1. The molecule has 0 aliphatic heterocycles. The maximum atomic E-state index is 13.4. The zero-order valence-electron chi connectivity index (χ0n) is 17.5. The molecule has 0 aliphatic carbocycles. The van der Waals surface area contributed by atoms with E-state index in [1.807, 2.05) is 24.3 Å². The van der Waals surface area contributed by atoms with Gasteiger partial charge in [0.05, 0.1) is 12.7 Å². The van der Waals surface area contributed by atoms with Crippen molar-refractivity contribution in [1.29, 1.82) is 0 Å². The first-order valence-electron chi connectivity index (χ1n) is 10.3. The number of aromatic amines is 1. The second kappa shape index (κ2) is 9.47. The van der Waals surface area contributed by atoms with Crippen LogP contribution >= 0.6 is 0 Å². The number of aryl methyl sites for hydroxylation is 1. The summed E-state index contributed by atoms with van der Waals surface area (Å²) in [5.74, 6) is 1.78. The molecule has 8 nitrogen and oxygen atoms in total. The summed E-state index contributed by atoms with van der Waals surface area (Å²) in [5.41, 5.74) is 3.08. The lowest BCUT2D eigenvalue weighted by Crippen LogP contribution is -2.15. The summed E-state index contributed by atoms with van der Waals surface area (Å²) in [7, 11) is 0. The summed E-state index contributed by atoms with van der Waals surface area (Å²) in [6.07, 6.45) is 4.89. The Bertz CT molecular complexity index is 1330. The zero-order valence-corrected chi connectivity index (χ0v) is 18.3. The van der Waals surface area contributed by atoms with Crippen LogP contribution in [0.3, 0.4) is 0 Å². The van der Waals surface area contributed by atoms with Crippen LogP contribution < -0.4 is 4.74 Å². The summed E-state index contributed by atoms with van der Waals surface area (Å²) < 4.78 is 38.7. The van der Waals surface area contributed by atoms with Crippen molar-refractivity contribution in [1.82, 2.24) is 25.0 Å². The number of halogens is 1. The molecule has 2 aromatic carbocycles. The number of aromatic nitrogens is 5. The van der Waals surface area contributed by atoms with E-state index in [-0.39, 0.29) is 12.4 Å². The summed E-state index contributed by atoms with van der Waals surface area (Å²) in [6, 6.07) is 13.8. The Kier molecular flexibility index (Phi) is 6.09. The van der Waals surface area contributed by atoms with Crippen LogP contribution in [0.1, 0.15) is 11.3 Å². The Labute approximate surface area is 191 Å². The van der Waals surface area contributed by atoms with E-state index in [9.17, 15) is 8.94 Å². The van der Waals surface area contributed by atoms with Crippen LogP contribution in [0.25, 0.3) is 22.5 Å². The van der Waals surface area contributed by atoms with Crippen molar-refractivity contribution in [2.45, 2.75) is 18.9 Å². The second-order valence-corrected chi connectivity index (χ2v) is 9.02. The van der Waals surface area contributed by atoms with Gasteiger partial charge in [0, 0.05) is 22.7 Å². The van der Waals surface area contributed by atoms with Crippen LogP contribution in [0.5, 0.6) is 5.75 Å². The molecule has 0 fully saturated rings. The zero-order chi connectivity index (χ0) is 22.6. The SMILES string of the molecule is [O-][S+](CCn1ccnn1)Cc1ccc(OCc2coc(-c3cc4cc(F)ccc4[nH]3)n2)cc1. The van der Waals surface area contributed by atoms with Crippen LogP contribution in [0.2, 0.25) is 0 Å². The second-order valence-electron chi connectivity index (χ2n) is 7.45. The highest BCUT2D eigenvalue weighted by atomic mass is 32.2. The number of nitrogens with zero attached hydrogens (tertiary/aromatic N) is 4. The van der Waals surface area contributed by atoms with Crippen LogP contribution in [-0.4, -0.2) is 35.3 Å². The molecule has 33 heavy (non-hydrogen) atoms. The number of rotatable bonds is 9. The molecule has 0 saturated carbocycles. The monoisotopic (exact) mass is 465 g/mol. The highest BCUT2D eigenvalue weighted by Gasteiger charge is 2.12. The molecule has 5 aromatic rings. The Hall–Kier alpha value is -3.63. The van der Waals surface area contributed by atoms with Crippen molar-refractivity contribution in [3.8, 4) is 17.3 Å². The van der Waals surface area contributed by atoms with Gasteiger partial charge >= 0.3 is 0 Å². The van der Waals surface area contributed by atoms with Gasteiger partial charge in [0.25, 0.3) is 0 Å². The van der Waals surface area contributed by atoms with Gasteiger partial charge in [-0.15, -0.1) is 5.10 Å². The van der Waals surface area contributed by atoms with E-state index in [2.05, 4.69) is 20.3 Å². The molecule has 10 heteroatoms. The fourth-order valence-corrected chi connectivity index (χ4v) is 4.46. The van der Waals surface area contributed by atoms with E-state index >= 15 is 0 Å². The smallest absolute Gasteiger partial charge is 0.243 e. The van der Waals surface area contributed by atoms with Crippen molar-refractivity contribution in [2.24, 2.45) is 0 Å². The Morgan fingerprint density at radius 2 is 2.03 bits per heavy atom. The molecule has 168 valence electrons. The summed E-state index contributed by atoms with van der Waals surface area (Å²) >= 11 is -0.994. The number of hydrogen-bond donors (Lipinski definition) is 1. The van der Waals surface area contributed by atoms with E-state index in [1.165, 1.54) is 18.4 Å². The number of H-pyrrole nitrogens is 1. The maximum absolute atomic E-state index is 13.4. The molecule has 1 unspecified atom stereocenters. The van der Waals surface area contributed by atoms with E-state index in [0.29, 0.717) is 41.1 Å². The largest absolute Gasteiger partial charge is 0.616 e. The first-order chi connectivity index (χ1) is 16.1. The molecule has 0 spiro atoms. The number of nitrogens with one attached hydrogen (secondary N) is 1. The molecule has 0 bridgehead atoms. The molecular weight excluding hydrogens is 445 g/mol. The predicted molar refractivity (Wildman–Crippen MR) is 121 cm³/mol. The van der Waals surface area contributed by atoms with E-state index in [0.717, 1.165) is 16.5 Å². The maximum Gasteiger partial charge on any atom is 0.243 e. The average molecular weight is 466 g/mol. The van der Waals surface area contributed by atoms with Crippen molar-refractivity contribution in [2.75, 3.05) is 5.75 Å². The van der Waals surface area contributed by atoms with Crippen molar-refractivity contribution in [3.63, 3.8) is 0 Å². The first-order valence-corrected chi connectivity index (χ1v) is 11.7. The Balaban J connectivity index is 1.14. The fourth-order valence-electron chi connectivity index (χ4n) is 3.36. The molecule has 1 N–H and O–H groups in total. The lowest BCUT2D eigenvalue weighted by molar-refractivity contribution is 0.301. The van der Waals surface area contributed by atoms with Gasteiger partial charge in [-0.25, -0.2) is 14.1 Å². The number of oxazole rings is 1. The third-order valence-corrected chi connectivity index (χ3v) is 6.32. The van der Waals surface area contributed by atoms with Gasteiger partial charge in [-0.2, -0.15) is 0 Å². The Morgan fingerprint density at radius 1 is 1.15 bits per heavy atom. The fraction of sp³-hybridized carbons (Fsp3) is 0.174. The van der Waals surface area contributed by atoms with E-state index in [4.69, 9.17) is 9.15 Å². The molecule has 0 radical (unpaired) electrons. The van der Waals surface area contributed by atoms with Crippen LogP contribution in [0, 0.1) is 5.82 Å². The van der Waals surface area contributed by atoms with Gasteiger partial charge in [-0.05, 0) is 47.6 Å².